The van der Waals surface area contributed by atoms with Crippen LogP contribution in [0.5, 0.6) is 0 Å². The summed E-state index contributed by atoms with van der Waals surface area (Å²) in [5, 5.41) is 3.25. The molecule has 1 N–H and O–H groups in total. The van der Waals surface area contributed by atoms with Gasteiger partial charge in [-0.3, -0.25) is 4.79 Å². The van der Waals surface area contributed by atoms with E-state index in [9.17, 15) is 4.79 Å². The van der Waals surface area contributed by atoms with E-state index in [2.05, 4.69) is 34.3 Å². The van der Waals surface area contributed by atoms with Crippen LogP contribution < -0.4 is 5.32 Å². The Hall–Kier alpha value is -2.43. The molecule has 1 amide bonds. The molecule has 1 aliphatic rings. The molecular weight excluding hydrogens is 312 g/mol. The van der Waals surface area contributed by atoms with Crippen molar-refractivity contribution in [1.29, 1.82) is 0 Å². The number of hydrogen-bond acceptors (Lipinski definition) is 4. The fourth-order valence-corrected chi connectivity index (χ4v) is 3.09. The number of piperidine rings is 1. The van der Waals surface area contributed by atoms with E-state index in [1.807, 2.05) is 30.0 Å². The van der Waals surface area contributed by atoms with Gasteiger partial charge in [-0.2, -0.15) is 0 Å². The van der Waals surface area contributed by atoms with E-state index < -0.39 is 0 Å². The number of anilines is 1. The summed E-state index contributed by atoms with van der Waals surface area (Å²) in [6, 6.07) is 12.1. The third-order valence-corrected chi connectivity index (χ3v) is 4.68. The lowest BCUT2D eigenvalue weighted by molar-refractivity contribution is 0.0691. The Labute approximate surface area is 149 Å². The lowest BCUT2D eigenvalue weighted by atomic mass is 9.99. The van der Waals surface area contributed by atoms with Crippen LogP contribution in [0.1, 0.15) is 41.5 Å². The molecule has 0 atom stereocenters. The third kappa shape index (κ3) is 4.78. The van der Waals surface area contributed by atoms with E-state index in [1.54, 1.807) is 6.07 Å². The van der Waals surface area contributed by atoms with Crippen LogP contribution in [0.2, 0.25) is 0 Å². The molecule has 1 aromatic carbocycles. The number of nitrogens with one attached hydrogen (secondary N) is 1. The number of rotatable bonds is 5. The van der Waals surface area contributed by atoms with Gasteiger partial charge in [-0.1, -0.05) is 37.3 Å². The number of hydrogen-bond donors (Lipinski definition) is 1. The van der Waals surface area contributed by atoms with E-state index in [1.165, 1.54) is 5.56 Å². The van der Waals surface area contributed by atoms with Crippen LogP contribution in [0.25, 0.3) is 0 Å². The lowest BCUT2D eigenvalue weighted by Crippen LogP contribution is -2.38. The van der Waals surface area contributed by atoms with Gasteiger partial charge in [-0.05, 0) is 43.7 Å². The van der Waals surface area contributed by atoms with Crippen LogP contribution in [0, 0.1) is 12.8 Å². The second-order valence-electron chi connectivity index (χ2n) is 6.86. The first-order valence-electron chi connectivity index (χ1n) is 9.04. The molecule has 25 heavy (non-hydrogen) atoms. The maximum absolute atomic E-state index is 12.7. The zero-order valence-electron chi connectivity index (χ0n) is 15.0. The van der Waals surface area contributed by atoms with Crippen molar-refractivity contribution in [2.75, 3.05) is 25.0 Å². The van der Waals surface area contributed by atoms with Gasteiger partial charge in [0.05, 0.1) is 0 Å². The number of carbonyl (C=O) groups excluding carboxylic acids is 1. The molecule has 0 spiro atoms. The highest BCUT2D eigenvalue weighted by molar-refractivity contribution is 5.92. The second-order valence-corrected chi connectivity index (χ2v) is 6.86. The molecule has 1 aromatic heterocycles. The highest BCUT2D eigenvalue weighted by Gasteiger charge is 2.23. The minimum absolute atomic E-state index is 0.0171. The molecule has 0 bridgehead atoms. The number of amides is 1. The topological polar surface area (TPSA) is 58.1 Å². The third-order valence-electron chi connectivity index (χ3n) is 4.68. The SMILES string of the molecule is Cc1cc(C(=O)N2CCC(C)CC2)nc(NCCc2ccccc2)n1. The molecule has 2 aromatic rings. The van der Waals surface area contributed by atoms with Gasteiger partial charge in [0.15, 0.2) is 0 Å². The van der Waals surface area contributed by atoms with Crippen LogP contribution in [0.3, 0.4) is 0 Å². The van der Waals surface area contributed by atoms with Crippen molar-refractivity contribution in [2.24, 2.45) is 5.92 Å². The van der Waals surface area contributed by atoms with Crippen molar-refractivity contribution in [3.63, 3.8) is 0 Å². The molecule has 132 valence electrons. The average Bonchev–Trinajstić information content (AvgIpc) is 2.62. The van der Waals surface area contributed by atoms with Crippen LogP contribution in [-0.2, 0) is 6.42 Å². The summed E-state index contributed by atoms with van der Waals surface area (Å²) in [6.45, 7) is 6.52. The highest BCUT2D eigenvalue weighted by Crippen LogP contribution is 2.18. The van der Waals surface area contributed by atoms with Crippen LogP contribution in [0.15, 0.2) is 36.4 Å². The van der Waals surface area contributed by atoms with Gasteiger partial charge in [0.1, 0.15) is 5.69 Å². The minimum Gasteiger partial charge on any atom is -0.354 e. The van der Waals surface area contributed by atoms with Gasteiger partial charge < -0.3 is 10.2 Å². The zero-order chi connectivity index (χ0) is 17.6. The van der Waals surface area contributed by atoms with Crippen molar-refractivity contribution in [2.45, 2.75) is 33.1 Å². The van der Waals surface area contributed by atoms with Gasteiger partial charge in [0.2, 0.25) is 5.95 Å². The van der Waals surface area contributed by atoms with Gasteiger partial charge in [0, 0.05) is 25.3 Å². The number of nitrogens with zero attached hydrogens (tertiary/aromatic N) is 3. The molecular formula is C20H26N4O. The first kappa shape index (κ1) is 17.4. The molecule has 5 nitrogen and oxygen atoms in total. The smallest absolute Gasteiger partial charge is 0.272 e. The lowest BCUT2D eigenvalue weighted by Gasteiger charge is -2.30. The Kier molecular flexibility index (Phi) is 5.64. The van der Waals surface area contributed by atoms with Crippen molar-refractivity contribution in [3.05, 3.63) is 53.3 Å². The Morgan fingerprint density at radius 1 is 1.20 bits per heavy atom. The molecule has 0 saturated carbocycles. The summed E-state index contributed by atoms with van der Waals surface area (Å²) in [5.74, 6) is 1.25. The number of carbonyl (C=O) groups is 1. The van der Waals surface area contributed by atoms with E-state index in [0.29, 0.717) is 17.6 Å². The van der Waals surface area contributed by atoms with Crippen LogP contribution in [-0.4, -0.2) is 40.4 Å². The largest absolute Gasteiger partial charge is 0.354 e. The molecule has 2 heterocycles. The standard InChI is InChI=1S/C20H26N4O/c1-15-9-12-24(13-10-15)19(25)18-14-16(2)22-20(23-18)21-11-8-17-6-4-3-5-7-17/h3-7,14-15H,8-13H2,1-2H3,(H,21,22,23). The average molecular weight is 338 g/mol. The minimum atomic E-state index is 0.0171. The van der Waals surface area contributed by atoms with Crippen molar-refractivity contribution in [3.8, 4) is 0 Å². The summed E-state index contributed by atoms with van der Waals surface area (Å²) in [5.41, 5.74) is 2.57. The zero-order valence-corrected chi connectivity index (χ0v) is 15.0. The quantitative estimate of drug-likeness (QED) is 0.909. The fourth-order valence-electron chi connectivity index (χ4n) is 3.09. The molecule has 0 aliphatic carbocycles. The van der Waals surface area contributed by atoms with Gasteiger partial charge in [-0.15, -0.1) is 0 Å². The summed E-state index contributed by atoms with van der Waals surface area (Å²) in [7, 11) is 0. The number of aromatic nitrogens is 2. The number of aryl methyl sites for hydroxylation is 1. The monoisotopic (exact) mass is 338 g/mol. The predicted molar refractivity (Wildman–Crippen MR) is 99.7 cm³/mol. The number of benzene rings is 1. The summed E-state index contributed by atoms with van der Waals surface area (Å²) in [4.78, 5) is 23.5. The van der Waals surface area contributed by atoms with Crippen LogP contribution >= 0.6 is 0 Å². The maximum atomic E-state index is 12.7. The Morgan fingerprint density at radius 2 is 1.92 bits per heavy atom. The van der Waals surface area contributed by atoms with E-state index in [-0.39, 0.29) is 5.91 Å². The highest BCUT2D eigenvalue weighted by atomic mass is 16.2. The van der Waals surface area contributed by atoms with E-state index in [4.69, 9.17) is 0 Å². The molecule has 0 unspecified atom stereocenters. The van der Waals surface area contributed by atoms with E-state index >= 15 is 0 Å². The summed E-state index contributed by atoms with van der Waals surface area (Å²) < 4.78 is 0. The van der Waals surface area contributed by atoms with Crippen LogP contribution in [0.4, 0.5) is 5.95 Å². The summed E-state index contributed by atoms with van der Waals surface area (Å²) in [6.07, 6.45) is 3.03. The Balaban J connectivity index is 1.62. The molecule has 3 rings (SSSR count). The molecule has 5 heteroatoms. The fraction of sp³-hybridized carbons (Fsp3) is 0.450. The van der Waals surface area contributed by atoms with Crippen molar-refractivity contribution in [1.82, 2.24) is 14.9 Å². The van der Waals surface area contributed by atoms with E-state index in [0.717, 1.165) is 44.6 Å². The Bertz CT molecular complexity index is 709. The molecule has 1 aliphatic heterocycles. The summed E-state index contributed by atoms with van der Waals surface area (Å²) >= 11 is 0. The second kappa shape index (κ2) is 8.10. The normalized spacial score (nSPS) is 15.2. The van der Waals surface area contributed by atoms with Crippen molar-refractivity contribution >= 4 is 11.9 Å². The first-order chi connectivity index (χ1) is 12.1. The Morgan fingerprint density at radius 3 is 2.64 bits per heavy atom. The first-order valence-corrected chi connectivity index (χ1v) is 9.04. The van der Waals surface area contributed by atoms with Gasteiger partial charge in [-0.25, -0.2) is 9.97 Å². The molecule has 0 radical (unpaired) electrons. The molecule has 1 fully saturated rings. The molecule has 1 saturated heterocycles. The predicted octanol–water partition coefficient (Wildman–Crippen LogP) is 3.31. The maximum Gasteiger partial charge on any atom is 0.272 e. The van der Waals surface area contributed by atoms with Crippen molar-refractivity contribution < 1.29 is 4.79 Å². The van der Waals surface area contributed by atoms with Gasteiger partial charge >= 0.3 is 0 Å². The number of likely N-dealkylation sites (tertiary alicyclic amines) is 1. The van der Waals surface area contributed by atoms with Gasteiger partial charge in [0.25, 0.3) is 5.91 Å².